The fourth-order valence-corrected chi connectivity index (χ4v) is 2.23. The van der Waals surface area contributed by atoms with Crippen molar-refractivity contribution < 1.29 is 4.79 Å². The molecule has 0 spiro atoms. The third-order valence-corrected chi connectivity index (χ3v) is 3.35. The quantitative estimate of drug-likeness (QED) is 0.789. The molecule has 3 heteroatoms. The zero-order valence-electron chi connectivity index (χ0n) is 9.25. The molecule has 1 saturated carbocycles. The van der Waals surface area contributed by atoms with Gasteiger partial charge in [-0.2, -0.15) is 0 Å². The lowest BCUT2D eigenvalue weighted by Crippen LogP contribution is -2.25. The van der Waals surface area contributed by atoms with Crippen LogP contribution in [0.3, 0.4) is 0 Å². The number of carbonyl (C=O) groups excluding carboxylic acids is 1. The van der Waals surface area contributed by atoms with Crippen LogP contribution in [0.4, 0.5) is 5.69 Å². The lowest BCUT2D eigenvalue weighted by atomic mass is 9.99. The third-order valence-electron chi connectivity index (χ3n) is 3.35. The molecule has 1 heterocycles. The maximum absolute atomic E-state index is 11.7. The van der Waals surface area contributed by atoms with Gasteiger partial charge in [0.25, 0.3) is 0 Å². The van der Waals surface area contributed by atoms with E-state index in [2.05, 4.69) is 16.7 Å². The number of fused-ring (bicyclic) bond motifs is 1. The Balaban J connectivity index is 1.85. The molecule has 0 atom stereocenters. The molecule has 3 nitrogen and oxygen atoms in total. The maximum Gasteiger partial charge on any atom is 0.227 e. The molecule has 16 heavy (non-hydrogen) atoms. The normalized spacial score (nSPS) is 19.0. The summed E-state index contributed by atoms with van der Waals surface area (Å²) in [7, 11) is 0. The van der Waals surface area contributed by atoms with Crippen LogP contribution in [0.2, 0.25) is 0 Å². The summed E-state index contributed by atoms with van der Waals surface area (Å²) in [6, 6.07) is 6.17. The molecule has 1 fully saturated rings. The van der Waals surface area contributed by atoms with Crippen molar-refractivity contribution in [1.82, 2.24) is 5.32 Å². The van der Waals surface area contributed by atoms with Gasteiger partial charge in [0, 0.05) is 18.2 Å². The predicted molar refractivity (Wildman–Crippen MR) is 63.2 cm³/mol. The van der Waals surface area contributed by atoms with Gasteiger partial charge in [0.05, 0.1) is 0 Å². The molecule has 1 aromatic rings. The molecule has 0 aromatic heterocycles. The number of amides is 1. The van der Waals surface area contributed by atoms with Gasteiger partial charge >= 0.3 is 0 Å². The summed E-state index contributed by atoms with van der Waals surface area (Å²) in [5.41, 5.74) is 3.66. The Hall–Kier alpha value is -1.35. The van der Waals surface area contributed by atoms with Gasteiger partial charge in [0.15, 0.2) is 0 Å². The number of hydrogen-bond donors (Lipinski definition) is 2. The Bertz CT molecular complexity index is 424. The van der Waals surface area contributed by atoms with Crippen LogP contribution in [0.25, 0.3) is 0 Å². The zero-order chi connectivity index (χ0) is 11.0. The molecule has 0 radical (unpaired) electrons. The first-order valence-electron chi connectivity index (χ1n) is 5.97. The Morgan fingerprint density at radius 2 is 2.25 bits per heavy atom. The number of anilines is 1. The Morgan fingerprint density at radius 3 is 3.06 bits per heavy atom. The molecule has 1 aliphatic carbocycles. The van der Waals surface area contributed by atoms with Gasteiger partial charge in [-0.05, 0) is 43.0 Å². The van der Waals surface area contributed by atoms with Crippen molar-refractivity contribution >= 4 is 11.6 Å². The molecule has 3 rings (SSSR count). The molecule has 1 amide bonds. The largest absolute Gasteiger partial charge is 0.326 e. The highest BCUT2D eigenvalue weighted by molar-refractivity contribution is 5.94. The summed E-state index contributed by atoms with van der Waals surface area (Å²) < 4.78 is 0. The fourth-order valence-electron chi connectivity index (χ4n) is 2.23. The van der Waals surface area contributed by atoms with Crippen LogP contribution in [-0.2, 0) is 17.8 Å². The summed E-state index contributed by atoms with van der Waals surface area (Å²) in [5, 5.41) is 6.41. The van der Waals surface area contributed by atoms with Gasteiger partial charge in [-0.25, -0.2) is 0 Å². The first kappa shape index (κ1) is 9.85. The van der Waals surface area contributed by atoms with Crippen LogP contribution in [0.5, 0.6) is 0 Å². The standard InChI is InChI=1S/C13H16N2O/c16-13(9-4-5-9)15-12-3-1-2-10-8-14-7-6-11(10)12/h1-3,9,14H,4-8H2,(H,15,16). The first-order chi connectivity index (χ1) is 7.84. The summed E-state index contributed by atoms with van der Waals surface area (Å²) in [4.78, 5) is 11.7. The van der Waals surface area contributed by atoms with Gasteiger partial charge in [-0.15, -0.1) is 0 Å². The van der Waals surface area contributed by atoms with Crippen molar-refractivity contribution in [3.63, 3.8) is 0 Å². The molecule has 1 aromatic carbocycles. The van der Waals surface area contributed by atoms with Gasteiger partial charge in [0.1, 0.15) is 0 Å². The highest BCUT2D eigenvalue weighted by Crippen LogP contribution is 2.31. The van der Waals surface area contributed by atoms with Crippen LogP contribution in [-0.4, -0.2) is 12.5 Å². The molecular formula is C13H16N2O. The maximum atomic E-state index is 11.7. The van der Waals surface area contributed by atoms with E-state index < -0.39 is 0 Å². The number of benzene rings is 1. The van der Waals surface area contributed by atoms with E-state index in [1.54, 1.807) is 0 Å². The van der Waals surface area contributed by atoms with Crippen molar-refractivity contribution in [2.45, 2.75) is 25.8 Å². The molecule has 2 N–H and O–H groups in total. The highest BCUT2D eigenvalue weighted by Gasteiger charge is 2.30. The second-order valence-electron chi connectivity index (χ2n) is 4.63. The second-order valence-corrected chi connectivity index (χ2v) is 4.63. The molecule has 0 bridgehead atoms. The van der Waals surface area contributed by atoms with Crippen molar-refractivity contribution in [3.8, 4) is 0 Å². The van der Waals surface area contributed by atoms with Crippen molar-refractivity contribution in [2.24, 2.45) is 5.92 Å². The lowest BCUT2D eigenvalue weighted by Gasteiger charge is -2.20. The monoisotopic (exact) mass is 216 g/mol. The van der Waals surface area contributed by atoms with E-state index in [0.717, 1.165) is 38.0 Å². The minimum Gasteiger partial charge on any atom is -0.326 e. The van der Waals surface area contributed by atoms with E-state index in [1.165, 1.54) is 11.1 Å². The molecule has 1 aliphatic heterocycles. The molecule has 84 valence electrons. The van der Waals surface area contributed by atoms with Crippen LogP contribution >= 0.6 is 0 Å². The lowest BCUT2D eigenvalue weighted by molar-refractivity contribution is -0.117. The summed E-state index contributed by atoms with van der Waals surface area (Å²) in [6.45, 7) is 1.92. The van der Waals surface area contributed by atoms with E-state index in [1.807, 2.05) is 12.1 Å². The van der Waals surface area contributed by atoms with Gasteiger partial charge in [0.2, 0.25) is 5.91 Å². The third kappa shape index (κ3) is 1.83. The van der Waals surface area contributed by atoms with E-state index >= 15 is 0 Å². The van der Waals surface area contributed by atoms with E-state index in [-0.39, 0.29) is 11.8 Å². The van der Waals surface area contributed by atoms with Crippen LogP contribution in [0.15, 0.2) is 18.2 Å². The SMILES string of the molecule is O=C(Nc1cccc2c1CCNC2)C1CC1. The van der Waals surface area contributed by atoms with E-state index in [9.17, 15) is 4.79 Å². The highest BCUT2D eigenvalue weighted by atomic mass is 16.2. The minimum absolute atomic E-state index is 0.201. The van der Waals surface area contributed by atoms with Crippen molar-refractivity contribution in [1.29, 1.82) is 0 Å². The predicted octanol–water partition coefficient (Wildman–Crippen LogP) is 1.68. The smallest absolute Gasteiger partial charge is 0.227 e. The van der Waals surface area contributed by atoms with Crippen LogP contribution < -0.4 is 10.6 Å². The Morgan fingerprint density at radius 1 is 1.38 bits per heavy atom. The van der Waals surface area contributed by atoms with Gasteiger partial charge in [-0.1, -0.05) is 12.1 Å². The van der Waals surface area contributed by atoms with Gasteiger partial charge in [-0.3, -0.25) is 4.79 Å². The van der Waals surface area contributed by atoms with Crippen LogP contribution in [0.1, 0.15) is 24.0 Å². The average molecular weight is 216 g/mol. The second kappa shape index (κ2) is 3.91. The summed E-state index contributed by atoms with van der Waals surface area (Å²) in [5.74, 6) is 0.476. The minimum atomic E-state index is 0.201. The fraction of sp³-hybridized carbons (Fsp3) is 0.462. The molecular weight excluding hydrogens is 200 g/mol. The van der Waals surface area contributed by atoms with Crippen molar-refractivity contribution in [3.05, 3.63) is 29.3 Å². The van der Waals surface area contributed by atoms with E-state index in [4.69, 9.17) is 0 Å². The average Bonchev–Trinajstić information content (AvgIpc) is 3.13. The first-order valence-corrected chi connectivity index (χ1v) is 5.97. The topological polar surface area (TPSA) is 41.1 Å². The Labute approximate surface area is 95.2 Å². The van der Waals surface area contributed by atoms with Crippen molar-refractivity contribution in [2.75, 3.05) is 11.9 Å². The number of hydrogen-bond acceptors (Lipinski definition) is 2. The number of nitrogens with one attached hydrogen (secondary N) is 2. The summed E-state index contributed by atoms with van der Waals surface area (Å²) >= 11 is 0. The Kier molecular flexibility index (Phi) is 2.40. The zero-order valence-corrected chi connectivity index (χ0v) is 9.25. The number of rotatable bonds is 2. The summed E-state index contributed by atoms with van der Waals surface area (Å²) in [6.07, 6.45) is 3.13. The molecule has 2 aliphatic rings. The molecule has 0 saturated heterocycles. The number of carbonyl (C=O) groups is 1. The van der Waals surface area contributed by atoms with E-state index in [0.29, 0.717) is 0 Å². The molecule has 0 unspecified atom stereocenters. The van der Waals surface area contributed by atoms with Gasteiger partial charge < -0.3 is 10.6 Å². The van der Waals surface area contributed by atoms with Crippen LogP contribution in [0, 0.1) is 5.92 Å².